The smallest absolute Gasteiger partial charge is 0.177 e. The zero-order valence-corrected chi connectivity index (χ0v) is 10.4. The molecular formula is C15H14N4. The Bertz CT molecular complexity index is 699. The molecule has 2 aromatic heterocycles. The first-order chi connectivity index (χ1) is 9.40. The van der Waals surface area contributed by atoms with Gasteiger partial charge in [0, 0.05) is 30.8 Å². The van der Waals surface area contributed by atoms with E-state index in [1.807, 2.05) is 12.1 Å². The van der Waals surface area contributed by atoms with Gasteiger partial charge in [-0.2, -0.15) is 0 Å². The maximum Gasteiger partial charge on any atom is 0.177 e. The standard InChI is InChI=1S/C15H14N4/c1-2-5-12-11(4-1)10(9-17-12)8-14-18-13-6-3-7-16-15(13)19-14/h1-7,10,17H,8-9H2,(H,16,18,19). The molecule has 0 saturated heterocycles. The van der Waals surface area contributed by atoms with Crippen LogP contribution in [0.1, 0.15) is 17.3 Å². The number of fused-ring (bicyclic) bond motifs is 2. The molecule has 2 N–H and O–H groups in total. The van der Waals surface area contributed by atoms with Crippen LogP contribution in [0.3, 0.4) is 0 Å². The van der Waals surface area contributed by atoms with Gasteiger partial charge in [0.15, 0.2) is 5.65 Å². The number of benzene rings is 1. The minimum absolute atomic E-state index is 0.483. The van der Waals surface area contributed by atoms with E-state index < -0.39 is 0 Å². The number of aromatic nitrogens is 3. The number of imidazole rings is 1. The molecule has 0 amide bonds. The van der Waals surface area contributed by atoms with Gasteiger partial charge in [0.1, 0.15) is 5.82 Å². The normalized spacial score (nSPS) is 17.4. The molecule has 3 heterocycles. The summed E-state index contributed by atoms with van der Waals surface area (Å²) in [6.45, 7) is 0.976. The van der Waals surface area contributed by atoms with E-state index >= 15 is 0 Å². The molecule has 1 aliphatic heterocycles. The number of pyridine rings is 1. The fourth-order valence-electron chi connectivity index (χ4n) is 2.76. The Morgan fingerprint density at radius 1 is 1.16 bits per heavy atom. The molecule has 94 valence electrons. The molecular weight excluding hydrogens is 236 g/mol. The second-order valence-electron chi connectivity index (χ2n) is 4.93. The molecule has 0 spiro atoms. The van der Waals surface area contributed by atoms with E-state index in [0.29, 0.717) is 5.92 Å². The van der Waals surface area contributed by atoms with Crippen molar-refractivity contribution < 1.29 is 0 Å². The SMILES string of the molecule is c1ccc2c(c1)NCC2Cc1nc2ncccc2[nH]1. The first-order valence-corrected chi connectivity index (χ1v) is 6.52. The summed E-state index contributed by atoms with van der Waals surface area (Å²) in [5.74, 6) is 1.49. The summed E-state index contributed by atoms with van der Waals surface area (Å²) >= 11 is 0. The van der Waals surface area contributed by atoms with Crippen LogP contribution in [0.5, 0.6) is 0 Å². The summed E-state index contributed by atoms with van der Waals surface area (Å²) < 4.78 is 0. The van der Waals surface area contributed by atoms with Crippen molar-refractivity contribution in [2.75, 3.05) is 11.9 Å². The summed E-state index contributed by atoms with van der Waals surface area (Å²) in [6, 6.07) is 12.4. The predicted octanol–water partition coefficient (Wildman–Crippen LogP) is 2.71. The van der Waals surface area contributed by atoms with Crippen LogP contribution in [0.2, 0.25) is 0 Å². The largest absolute Gasteiger partial charge is 0.384 e. The van der Waals surface area contributed by atoms with E-state index in [-0.39, 0.29) is 0 Å². The monoisotopic (exact) mass is 250 g/mol. The van der Waals surface area contributed by atoms with E-state index in [2.05, 4.69) is 44.5 Å². The second kappa shape index (κ2) is 4.09. The maximum absolute atomic E-state index is 4.55. The second-order valence-corrected chi connectivity index (χ2v) is 4.93. The Morgan fingerprint density at radius 3 is 3.05 bits per heavy atom. The lowest BCUT2D eigenvalue weighted by molar-refractivity contribution is 0.723. The predicted molar refractivity (Wildman–Crippen MR) is 75.3 cm³/mol. The Labute approximate surface area is 110 Å². The van der Waals surface area contributed by atoms with E-state index in [9.17, 15) is 0 Å². The van der Waals surface area contributed by atoms with Gasteiger partial charge in [0.05, 0.1) is 5.52 Å². The van der Waals surface area contributed by atoms with Gasteiger partial charge in [-0.25, -0.2) is 9.97 Å². The lowest BCUT2D eigenvalue weighted by atomic mass is 9.98. The van der Waals surface area contributed by atoms with Crippen LogP contribution in [-0.2, 0) is 6.42 Å². The molecule has 1 atom stereocenters. The Balaban J connectivity index is 1.65. The zero-order chi connectivity index (χ0) is 12.7. The average Bonchev–Trinajstić information content (AvgIpc) is 3.03. The lowest BCUT2D eigenvalue weighted by Gasteiger charge is -2.07. The number of nitrogens with zero attached hydrogens (tertiary/aromatic N) is 2. The molecule has 19 heavy (non-hydrogen) atoms. The van der Waals surface area contributed by atoms with E-state index in [4.69, 9.17) is 0 Å². The Hall–Kier alpha value is -2.36. The van der Waals surface area contributed by atoms with Crippen molar-refractivity contribution in [1.29, 1.82) is 0 Å². The molecule has 0 aliphatic carbocycles. The van der Waals surface area contributed by atoms with Crippen LogP contribution in [-0.4, -0.2) is 21.5 Å². The molecule has 0 radical (unpaired) electrons. The highest BCUT2D eigenvalue weighted by Crippen LogP contribution is 2.32. The third-order valence-corrected chi connectivity index (χ3v) is 3.69. The van der Waals surface area contributed by atoms with Gasteiger partial charge >= 0.3 is 0 Å². The summed E-state index contributed by atoms with van der Waals surface area (Å²) in [6.07, 6.45) is 2.69. The van der Waals surface area contributed by atoms with Crippen LogP contribution in [0.25, 0.3) is 11.2 Å². The fourth-order valence-corrected chi connectivity index (χ4v) is 2.76. The number of rotatable bonds is 2. The molecule has 1 unspecified atom stereocenters. The minimum Gasteiger partial charge on any atom is -0.384 e. The number of aromatic amines is 1. The number of nitrogens with one attached hydrogen (secondary N) is 2. The summed E-state index contributed by atoms with van der Waals surface area (Å²) in [4.78, 5) is 12.2. The highest BCUT2D eigenvalue weighted by molar-refractivity contribution is 5.70. The van der Waals surface area contributed by atoms with Crippen molar-refractivity contribution in [3.8, 4) is 0 Å². The molecule has 4 rings (SSSR count). The Kier molecular flexibility index (Phi) is 2.27. The molecule has 4 nitrogen and oxygen atoms in total. The number of hydrogen-bond donors (Lipinski definition) is 2. The average molecular weight is 250 g/mol. The molecule has 3 aromatic rings. The first kappa shape index (κ1) is 10.6. The van der Waals surface area contributed by atoms with Crippen LogP contribution < -0.4 is 5.32 Å². The number of hydrogen-bond acceptors (Lipinski definition) is 3. The zero-order valence-electron chi connectivity index (χ0n) is 10.4. The van der Waals surface area contributed by atoms with Gasteiger partial charge in [-0.05, 0) is 23.8 Å². The van der Waals surface area contributed by atoms with E-state index in [1.54, 1.807) is 6.20 Å². The van der Waals surface area contributed by atoms with Crippen molar-refractivity contribution in [3.05, 3.63) is 54.0 Å². The quantitative estimate of drug-likeness (QED) is 0.735. The van der Waals surface area contributed by atoms with E-state index in [1.165, 1.54) is 11.3 Å². The van der Waals surface area contributed by atoms with Crippen molar-refractivity contribution in [2.45, 2.75) is 12.3 Å². The van der Waals surface area contributed by atoms with Gasteiger partial charge in [0.25, 0.3) is 0 Å². The number of H-pyrrole nitrogens is 1. The maximum atomic E-state index is 4.55. The molecule has 1 aliphatic rings. The minimum atomic E-state index is 0.483. The summed E-state index contributed by atoms with van der Waals surface area (Å²) in [5.41, 5.74) is 4.45. The number of para-hydroxylation sites is 1. The van der Waals surface area contributed by atoms with Gasteiger partial charge < -0.3 is 10.3 Å². The number of anilines is 1. The first-order valence-electron chi connectivity index (χ1n) is 6.52. The Morgan fingerprint density at radius 2 is 2.11 bits per heavy atom. The highest BCUT2D eigenvalue weighted by atomic mass is 15.0. The van der Waals surface area contributed by atoms with Crippen LogP contribution in [0.4, 0.5) is 5.69 Å². The third kappa shape index (κ3) is 1.76. The van der Waals surface area contributed by atoms with Crippen LogP contribution >= 0.6 is 0 Å². The highest BCUT2D eigenvalue weighted by Gasteiger charge is 2.22. The van der Waals surface area contributed by atoms with Crippen molar-refractivity contribution in [1.82, 2.24) is 15.0 Å². The molecule has 4 heteroatoms. The molecule has 0 saturated carbocycles. The lowest BCUT2D eigenvalue weighted by Crippen LogP contribution is -2.06. The molecule has 1 aromatic carbocycles. The molecule has 0 fully saturated rings. The summed E-state index contributed by atoms with van der Waals surface area (Å²) in [5, 5.41) is 3.45. The van der Waals surface area contributed by atoms with Gasteiger partial charge in [-0.15, -0.1) is 0 Å². The fraction of sp³-hybridized carbons (Fsp3) is 0.200. The van der Waals surface area contributed by atoms with Crippen molar-refractivity contribution in [3.63, 3.8) is 0 Å². The summed E-state index contributed by atoms with van der Waals surface area (Å²) in [7, 11) is 0. The van der Waals surface area contributed by atoms with Crippen LogP contribution in [0, 0.1) is 0 Å². The topological polar surface area (TPSA) is 53.6 Å². The third-order valence-electron chi connectivity index (χ3n) is 3.69. The van der Waals surface area contributed by atoms with Gasteiger partial charge in [0.2, 0.25) is 0 Å². The molecule has 0 bridgehead atoms. The van der Waals surface area contributed by atoms with E-state index in [0.717, 1.165) is 30.0 Å². The van der Waals surface area contributed by atoms with Gasteiger partial charge in [-0.1, -0.05) is 18.2 Å². The van der Waals surface area contributed by atoms with Crippen molar-refractivity contribution >= 4 is 16.9 Å². The van der Waals surface area contributed by atoms with Crippen LogP contribution in [0.15, 0.2) is 42.6 Å². The van der Waals surface area contributed by atoms with Gasteiger partial charge in [-0.3, -0.25) is 0 Å². The van der Waals surface area contributed by atoms with Crippen molar-refractivity contribution in [2.24, 2.45) is 0 Å².